The van der Waals surface area contributed by atoms with Crippen LogP contribution in [-0.4, -0.2) is 6.54 Å². The largest absolute Gasteiger partial charge is 0.310 e. The molecule has 1 N–H and O–H groups in total. The van der Waals surface area contributed by atoms with Crippen molar-refractivity contribution in [1.29, 1.82) is 0 Å². The lowest BCUT2D eigenvalue weighted by Crippen LogP contribution is -2.32. The van der Waals surface area contributed by atoms with Crippen LogP contribution in [0.15, 0.2) is 24.3 Å². The van der Waals surface area contributed by atoms with Crippen LogP contribution in [0.25, 0.3) is 0 Å². The quantitative estimate of drug-likeness (QED) is 0.797. The molecule has 1 heteroatoms. The van der Waals surface area contributed by atoms with E-state index in [1.165, 1.54) is 43.4 Å². The summed E-state index contributed by atoms with van der Waals surface area (Å²) < 4.78 is 0. The minimum Gasteiger partial charge on any atom is -0.310 e. The Morgan fingerprint density at radius 2 is 1.75 bits per heavy atom. The van der Waals surface area contributed by atoms with E-state index in [4.69, 9.17) is 0 Å². The fraction of sp³-hybridized carbons (Fsp3) is 0.600. The van der Waals surface area contributed by atoms with E-state index in [-0.39, 0.29) is 0 Å². The molecule has 1 saturated carbocycles. The van der Waals surface area contributed by atoms with Gasteiger partial charge in [-0.25, -0.2) is 0 Å². The van der Waals surface area contributed by atoms with E-state index in [9.17, 15) is 0 Å². The highest BCUT2D eigenvalue weighted by molar-refractivity contribution is 5.24. The van der Waals surface area contributed by atoms with E-state index < -0.39 is 0 Å². The molecular formula is C15H21N. The summed E-state index contributed by atoms with van der Waals surface area (Å²) in [6.45, 7) is 3.37. The Hall–Kier alpha value is -0.820. The zero-order valence-corrected chi connectivity index (χ0v) is 10.1. The molecule has 3 rings (SSSR count). The summed E-state index contributed by atoms with van der Waals surface area (Å²) in [5.41, 5.74) is 2.84. The maximum absolute atomic E-state index is 3.67. The minimum atomic E-state index is 0.611. The summed E-state index contributed by atoms with van der Waals surface area (Å²) in [5.74, 6) is 2.06. The van der Waals surface area contributed by atoms with Crippen LogP contribution >= 0.6 is 0 Å². The Morgan fingerprint density at radius 1 is 1.00 bits per heavy atom. The number of nitrogens with one attached hydrogen (secondary N) is 1. The molecule has 1 aliphatic heterocycles. The Kier molecular flexibility index (Phi) is 2.72. The van der Waals surface area contributed by atoms with Crippen LogP contribution in [0.1, 0.15) is 42.9 Å². The second-order valence-corrected chi connectivity index (χ2v) is 5.54. The maximum atomic E-state index is 3.67. The molecule has 2 atom stereocenters. The number of rotatable bonds is 2. The van der Waals surface area contributed by atoms with E-state index >= 15 is 0 Å². The van der Waals surface area contributed by atoms with Gasteiger partial charge in [0.25, 0.3) is 0 Å². The zero-order valence-electron chi connectivity index (χ0n) is 10.1. The third-order valence-corrected chi connectivity index (χ3v) is 4.21. The number of hydrogen-bond acceptors (Lipinski definition) is 1. The van der Waals surface area contributed by atoms with Gasteiger partial charge in [-0.1, -0.05) is 29.8 Å². The highest BCUT2D eigenvalue weighted by Crippen LogP contribution is 2.44. The van der Waals surface area contributed by atoms with Gasteiger partial charge in [0.05, 0.1) is 0 Å². The van der Waals surface area contributed by atoms with Crippen molar-refractivity contribution in [1.82, 2.24) is 5.32 Å². The Balaban J connectivity index is 1.71. The normalized spacial score (nSPS) is 30.3. The average molecular weight is 215 g/mol. The molecule has 1 nitrogen and oxygen atoms in total. The molecule has 1 aromatic rings. The van der Waals surface area contributed by atoms with E-state index in [0.29, 0.717) is 6.04 Å². The second-order valence-electron chi connectivity index (χ2n) is 5.54. The fourth-order valence-electron chi connectivity index (χ4n) is 3.00. The van der Waals surface area contributed by atoms with Crippen LogP contribution in [0.3, 0.4) is 0 Å². The lowest BCUT2D eigenvalue weighted by atomic mass is 9.85. The monoisotopic (exact) mass is 215 g/mol. The topological polar surface area (TPSA) is 12.0 Å². The van der Waals surface area contributed by atoms with Crippen molar-refractivity contribution in [2.45, 2.75) is 38.6 Å². The smallest absolute Gasteiger partial charge is 0.0322 e. The predicted octanol–water partition coefficient (Wildman–Crippen LogP) is 3.45. The first-order chi connectivity index (χ1) is 7.83. The van der Waals surface area contributed by atoms with Gasteiger partial charge in [-0.2, -0.15) is 0 Å². The minimum absolute atomic E-state index is 0.611. The van der Waals surface area contributed by atoms with Crippen molar-refractivity contribution in [2.24, 2.45) is 11.8 Å². The fourth-order valence-corrected chi connectivity index (χ4v) is 3.00. The molecule has 1 aromatic carbocycles. The Bertz CT molecular complexity index is 350. The van der Waals surface area contributed by atoms with E-state index in [1.807, 2.05) is 0 Å². The van der Waals surface area contributed by atoms with Gasteiger partial charge < -0.3 is 5.32 Å². The second kappa shape index (κ2) is 4.21. The first kappa shape index (κ1) is 10.3. The molecule has 0 radical (unpaired) electrons. The molecule has 1 heterocycles. The third kappa shape index (κ3) is 2.15. The van der Waals surface area contributed by atoms with Crippen molar-refractivity contribution < 1.29 is 0 Å². The summed E-state index contributed by atoms with van der Waals surface area (Å²) in [6, 6.07) is 9.67. The highest BCUT2D eigenvalue weighted by Gasteiger charge is 2.34. The average Bonchev–Trinajstić information content (AvgIpc) is 3.14. The molecule has 0 bridgehead atoms. The van der Waals surface area contributed by atoms with Crippen LogP contribution in [-0.2, 0) is 0 Å². The van der Waals surface area contributed by atoms with Crippen molar-refractivity contribution in [2.75, 3.05) is 6.54 Å². The van der Waals surface area contributed by atoms with E-state index in [2.05, 4.69) is 36.5 Å². The molecule has 1 aliphatic carbocycles. The zero-order chi connectivity index (χ0) is 11.0. The van der Waals surface area contributed by atoms with Crippen LogP contribution in [0, 0.1) is 18.8 Å². The highest BCUT2D eigenvalue weighted by atomic mass is 14.9. The summed E-state index contributed by atoms with van der Waals surface area (Å²) in [7, 11) is 0. The first-order valence-electron chi connectivity index (χ1n) is 6.63. The third-order valence-electron chi connectivity index (χ3n) is 4.21. The lowest BCUT2D eigenvalue weighted by molar-refractivity contribution is 0.278. The number of benzene rings is 1. The van der Waals surface area contributed by atoms with Crippen molar-refractivity contribution in [3.05, 3.63) is 35.4 Å². The van der Waals surface area contributed by atoms with Gasteiger partial charge in [0.2, 0.25) is 0 Å². The van der Waals surface area contributed by atoms with Gasteiger partial charge in [0, 0.05) is 6.04 Å². The van der Waals surface area contributed by atoms with E-state index in [1.54, 1.807) is 0 Å². The van der Waals surface area contributed by atoms with Gasteiger partial charge in [-0.05, 0) is 56.6 Å². The molecule has 2 aliphatic rings. The first-order valence-corrected chi connectivity index (χ1v) is 6.63. The molecule has 0 spiro atoms. The molecule has 16 heavy (non-hydrogen) atoms. The van der Waals surface area contributed by atoms with Gasteiger partial charge in [-0.3, -0.25) is 0 Å². The molecule has 0 aromatic heterocycles. The SMILES string of the molecule is Cc1ccc([C@@H]2C[C@@H](C3CC3)CCN2)cc1. The molecule has 0 amide bonds. The molecular weight excluding hydrogens is 194 g/mol. The van der Waals surface area contributed by atoms with Crippen molar-refractivity contribution in [3.63, 3.8) is 0 Å². The molecule has 0 unspecified atom stereocenters. The number of hydrogen-bond donors (Lipinski definition) is 1. The van der Waals surface area contributed by atoms with Gasteiger partial charge in [0.15, 0.2) is 0 Å². The summed E-state index contributed by atoms with van der Waals surface area (Å²) in [4.78, 5) is 0. The predicted molar refractivity (Wildman–Crippen MR) is 67.4 cm³/mol. The van der Waals surface area contributed by atoms with Crippen LogP contribution in [0.2, 0.25) is 0 Å². The summed E-state index contributed by atoms with van der Waals surface area (Å²) in [6.07, 6.45) is 5.73. The van der Waals surface area contributed by atoms with Crippen molar-refractivity contribution >= 4 is 0 Å². The summed E-state index contributed by atoms with van der Waals surface area (Å²) >= 11 is 0. The molecule has 1 saturated heterocycles. The lowest BCUT2D eigenvalue weighted by Gasteiger charge is -2.30. The van der Waals surface area contributed by atoms with Gasteiger partial charge in [-0.15, -0.1) is 0 Å². The molecule has 86 valence electrons. The van der Waals surface area contributed by atoms with Crippen LogP contribution < -0.4 is 5.32 Å². The number of aryl methyl sites for hydroxylation is 1. The Morgan fingerprint density at radius 3 is 2.44 bits per heavy atom. The van der Waals surface area contributed by atoms with Gasteiger partial charge in [0.1, 0.15) is 0 Å². The maximum Gasteiger partial charge on any atom is 0.0322 e. The van der Waals surface area contributed by atoms with Crippen LogP contribution in [0.4, 0.5) is 0 Å². The molecule has 2 fully saturated rings. The van der Waals surface area contributed by atoms with Crippen molar-refractivity contribution in [3.8, 4) is 0 Å². The number of piperidine rings is 1. The standard InChI is InChI=1S/C15H21N/c1-11-2-4-13(5-3-11)15-10-14(8-9-16-15)12-6-7-12/h2-5,12,14-16H,6-10H2,1H3/t14-,15-/m0/s1. The Labute approximate surface area is 98.3 Å². The van der Waals surface area contributed by atoms with E-state index in [0.717, 1.165) is 11.8 Å². The summed E-state index contributed by atoms with van der Waals surface area (Å²) in [5, 5.41) is 3.67. The van der Waals surface area contributed by atoms with Gasteiger partial charge >= 0.3 is 0 Å². The van der Waals surface area contributed by atoms with Crippen LogP contribution in [0.5, 0.6) is 0 Å².